The highest BCUT2D eigenvalue weighted by molar-refractivity contribution is 4.80. The molecule has 3 atom stereocenters. The Morgan fingerprint density at radius 1 is 1.62 bits per heavy atom. The van der Waals surface area contributed by atoms with Crippen molar-refractivity contribution in [2.45, 2.75) is 19.4 Å². The fourth-order valence-corrected chi connectivity index (χ4v) is 1.53. The van der Waals surface area contributed by atoms with Crippen molar-refractivity contribution in [3.8, 4) is 0 Å². The molecule has 0 aromatic rings. The molecular formula is C6H11NO. The predicted octanol–water partition coefficient (Wildman–Crippen LogP) is 0.642. The van der Waals surface area contributed by atoms with E-state index in [1.807, 2.05) is 0 Å². The summed E-state index contributed by atoms with van der Waals surface area (Å²) in [5.41, 5.74) is 0. The van der Waals surface area contributed by atoms with E-state index < -0.39 is 0 Å². The number of rotatable bonds is 0. The second kappa shape index (κ2) is 1.45. The van der Waals surface area contributed by atoms with Gasteiger partial charge in [-0.15, -0.1) is 0 Å². The number of hydroxylamine groups is 2. The maximum absolute atomic E-state index is 5.42. The van der Waals surface area contributed by atoms with Crippen molar-refractivity contribution in [1.29, 1.82) is 0 Å². The van der Waals surface area contributed by atoms with Crippen LogP contribution < -0.4 is 0 Å². The topological polar surface area (TPSA) is 12.5 Å². The lowest BCUT2D eigenvalue weighted by Gasteiger charge is -2.11. The van der Waals surface area contributed by atoms with Crippen molar-refractivity contribution in [1.82, 2.24) is 5.06 Å². The summed E-state index contributed by atoms with van der Waals surface area (Å²) in [7, 11) is 0. The van der Waals surface area contributed by atoms with Gasteiger partial charge >= 0.3 is 0 Å². The average molecular weight is 113 g/mol. The van der Waals surface area contributed by atoms with Crippen LogP contribution in [0.2, 0.25) is 0 Å². The van der Waals surface area contributed by atoms with E-state index in [1.165, 1.54) is 6.42 Å². The lowest BCUT2D eigenvalue weighted by atomic mass is 10.0. The lowest BCUT2D eigenvalue weighted by molar-refractivity contribution is -0.0913. The van der Waals surface area contributed by atoms with Gasteiger partial charge in [-0.2, -0.15) is 5.06 Å². The van der Waals surface area contributed by atoms with Gasteiger partial charge in [0.25, 0.3) is 0 Å². The van der Waals surface area contributed by atoms with Crippen LogP contribution in [0.4, 0.5) is 0 Å². The first-order chi connectivity index (χ1) is 3.86. The van der Waals surface area contributed by atoms with Gasteiger partial charge in [0.15, 0.2) is 0 Å². The highest BCUT2D eigenvalue weighted by atomic mass is 16.7. The molecule has 2 fully saturated rings. The largest absolute Gasteiger partial charge is 0.295 e. The van der Waals surface area contributed by atoms with Crippen LogP contribution in [0.3, 0.4) is 0 Å². The van der Waals surface area contributed by atoms with Gasteiger partial charge in [-0.25, -0.2) is 0 Å². The maximum Gasteiger partial charge on any atom is 0.0844 e. The molecule has 0 aliphatic carbocycles. The minimum Gasteiger partial charge on any atom is -0.295 e. The van der Waals surface area contributed by atoms with Crippen LogP contribution in [0.15, 0.2) is 0 Å². The molecule has 2 bridgehead atoms. The van der Waals surface area contributed by atoms with E-state index in [-0.39, 0.29) is 0 Å². The maximum atomic E-state index is 5.42. The van der Waals surface area contributed by atoms with Gasteiger partial charge in [-0.05, 0) is 12.3 Å². The van der Waals surface area contributed by atoms with Crippen LogP contribution in [0, 0.1) is 5.92 Å². The Kier molecular flexibility index (Phi) is 0.866. The minimum atomic E-state index is 0.565. The monoisotopic (exact) mass is 113 g/mol. The van der Waals surface area contributed by atoms with Crippen LogP contribution >= 0.6 is 0 Å². The van der Waals surface area contributed by atoms with Crippen LogP contribution in [-0.2, 0) is 4.84 Å². The Morgan fingerprint density at radius 2 is 2.50 bits per heavy atom. The number of fused-ring (bicyclic) bond motifs is 2. The Balaban J connectivity index is 2.11. The van der Waals surface area contributed by atoms with E-state index in [1.54, 1.807) is 0 Å². The van der Waals surface area contributed by atoms with Gasteiger partial charge in [-0.3, -0.25) is 4.84 Å². The van der Waals surface area contributed by atoms with E-state index >= 15 is 0 Å². The number of hydrogen-bond acceptors (Lipinski definition) is 2. The predicted molar refractivity (Wildman–Crippen MR) is 30.2 cm³/mol. The second-order valence-electron chi connectivity index (χ2n) is 2.80. The van der Waals surface area contributed by atoms with E-state index in [0.29, 0.717) is 6.10 Å². The van der Waals surface area contributed by atoms with Crippen LogP contribution in [-0.4, -0.2) is 24.3 Å². The number of hydrogen-bond donors (Lipinski definition) is 0. The molecule has 2 nitrogen and oxygen atoms in total. The van der Waals surface area contributed by atoms with Crippen molar-refractivity contribution < 1.29 is 4.84 Å². The third-order valence-electron chi connectivity index (χ3n) is 2.07. The molecular weight excluding hydrogens is 102 g/mol. The summed E-state index contributed by atoms with van der Waals surface area (Å²) >= 11 is 0. The molecule has 0 radical (unpaired) electrons. The van der Waals surface area contributed by atoms with Gasteiger partial charge in [0.1, 0.15) is 0 Å². The number of piperidine rings is 1. The molecule has 46 valence electrons. The number of nitrogens with zero attached hydrogens (tertiary/aromatic N) is 1. The van der Waals surface area contributed by atoms with Gasteiger partial charge in [0.05, 0.1) is 6.10 Å². The van der Waals surface area contributed by atoms with Gasteiger partial charge in [0, 0.05) is 13.1 Å². The fraction of sp³-hybridized carbons (Fsp3) is 1.00. The summed E-state index contributed by atoms with van der Waals surface area (Å²) in [6, 6.07) is 0. The molecule has 2 heterocycles. The normalized spacial score (nSPS) is 52.9. The first kappa shape index (κ1) is 4.77. The zero-order valence-electron chi connectivity index (χ0n) is 5.13. The summed E-state index contributed by atoms with van der Waals surface area (Å²) in [6.45, 7) is 4.57. The summed E-state index contributed by atoms with van der Waals surface area (Å²) < 4.78 is 0. The molecule has 0 N–H and O–H groups in total. The molecule has 0 aromatic carbocycles. The van der Waals surface area contributed by atoms with Crippen LogP contribution in [0.25, 0.3) is 0 Å². The van der Waals surface area contributed by atoms with Crippen LogP contribution in [0.5, 0.6) is 0 Å². The van der Waals surface area contributed by atoms with E-state index in [2.05, 4.69) is 12.0 Å². The van der Waals surface area contributed by atoms with Crippen molar-refractivity contribution >= 4 is 0 Å². The molecule has 0 aromatic heterocycles. The van der Waals surface area contributed by atoms with E-state index in [0.717, 1.165) is 19.0 Å². The molecule has 2 saturated heterocycles. The molecule has 8 heavy (non-hydrogen) atoms. The zero-order chi connectivity index (χ0) is 5.56. The van der Waals surface area contributed by atoms with Crippen LogP contribution in [0.1, 0.15) is 13.3 Å². The average Bonchev–Trinajstić information content (AvgIpc) is 2.23. The minimum absolute atomic E-state index is 0.565. The lowest BCUT2D eigenvalue weighted by Crippen LogP contribution is -2.22. The fourth-order valence-electron chi connectivity index (χ4n) is 1.53. The van der Waals surface area contributed by atoms with Crippen molar-refractivity contribution in [3.05, 3.63) is 0 Å². The van der Waals surface area contributed by atoms with Gasteiger partial charge in [0.2, 0.25) is 0 Å². The molecule has 0 saturated carbocycles. The third-order valence-corrected chi connectivity index (χ3v) is 2.07. The standard InChI is InChI=1S/C6H11NO/c1-5-4-7-3-2-6(5)8-7/h5-6H,2-4H2,1H3. The molecule has 2 aliphatic heterocycles. The summed E-state index contributed by atoms with van der Waals surface area (Å²) in [5.74, 6) is 0.781. The molecule has 2 aliphatic rings. The Hall–Kier alpha value is -0.0800. The highest BCUT2D eigenvalue weighted by Gasteiger charge is 2.36. The second-order valence-corrected chi connectivity index (χ2v) is 2.80. The van der Waals surface area contributed by atoms with Crippen molar-refractivity contribution in [2.24, 2.45) is 5.92 Å². The Bertz CT molecular complexity index is 103. The van der Waals surface area contributed by atoms with E-state index in [4.69, 9.17) is 4.84 Å². The quantitative estimate of drug-likeness (QED) is 0.457. The Morgan fingerprint density at radius 3 is 2.75 bits per heavy atom. The highest BCUT2D eigenvalue weighted by Crippen LogP contribution is 2.28. The first-order valence-corrected chi connectivity index (χ1v) is 3.28. The molecule has 0 spiro atoms. The molecule has 2 heteroatoms. The molecule has 0 amide bonds. The van der Waals surface area contributed by atoms with E-state index in [9.17, 15) is 0 Å². The van der Waals surface area contributed by atoms with Gasteiger partial charge < -0.3 is 0 Å². The first-order valence-electron chi connectivity index (χ1n) is 3.28. The third kappa shape index (κ3) is 0.501. The smallest absolute Gasteiger partial charge is 0.0844 e. The summed E-state index contributed by atoms with van der Waals surface area (Å²) in [6.07, 6.45) is 1.82. The van der Waals surface area contributed by atoms with Crippen molar-refractivity contribution in [3.63, 3.8) is 0 Å². The van der Waals surface area contributed by atoms with Gasteiger partial charge in [-0.1, -0.05) is 6.92 Å². The van der Waals surface area contributed by atoms with Crippen molar-refractivity contribution in [2.75, 3.05) is 13.1 Å². The molecule has 3 unspecified atom stereocenters. The Labute approximate surface area is 49.4 Å². The zero-order valence-corrected chi connectivity index (χ0v) is 5.13. The molecule has 2 rings (SSSR count). The summed E-state index contributed by atoms with van der Waals surface area (Å²) in [5, 5.41) is 2.08. The SMILES string of the molecule is CC1CN2CCC1O2. The summed E-state index contributed by atoms with van der Waals surface area (Å²) in [4.78, 5) is 5.42.